The molecular formula is C15H23FN2O2S. The van der Waals surface area contributed by atoms with Crippen molar-refractivity contribution in [3.63, 3.8) is 0 Å². The molecule has 1 heterocycles. The predicted octanol–water partition coefficient (Wildman–Crippen LogP) is 2.19. The van der Waals surface area contributed by atoms with E-state index in [1.165, 1.54) is 16.4 Å². The van der Waals surface area contributed by atoms with Crippen LogP contribution in [0.4, 0.5) is 4.39 Å². The van der Waals surface area contributed by atoms with Crippen molar-refractivity contribution in [1.82, 2.24) is 4.31 Å². The highest BCUT2D eigenvalue weighted by Gasteiger charge is 2.32. The van der Waals surface area contributed by atoms with Crippen LogP contribution in [0.2, 0.25) is 0 Å². The maximum atomic E-state index is 13.4. The zero-order chi connectivity index (χ0) is 15.6. The first-order chi connectivity index (χ1) is 9.86. The van der Waals surface area contributed by atoms with Crippen LogP contribution in [0.15, 0.2) is 17.0 Å². The first-order valence-electron chi connectivity index (χ1n) is 7.33. The number of benzene rings is 1. The Morgan fingerprint density at radius 3 is 2.52 bits per heavy atom. The van der Waals surface area contributed by atoms with Crippen molar-refractivity contribution in [2.75, 3.05) is 19.6 Å². The van der Waals surface area contributed by atoms with E-state index in [2.05, 4.69) is 0 Å². The van der Waals surface area contributed by atoms with Crippen molar-refractivity contribution in [3.05, 3.63) is 29.1 Å². The third-order valence-corrected chi connectivity index (χ3v) is 6.25. The number of aryl methyl sites for hydroxylation is 2. The number of sulfonamides is 1. The maximum absolute atomic E-state index is 13.4. The minimum Gasteiger partial charge on any atom is -0.330 e. The Morgan fingerprint density at radius 1 is 1.33 bits per heavy atom. The van der Waals surface area contributed by atoms with Gasteiger partial charge in [0.05, 0.1) is 4.90 Å². The lowest BCUT2D eigenvalue weighted by Gasteiger charge is -2.32. The third kappa shape index (κ3) is 3.44. The Morgan fingerprint density at radius 2 is 1.95 bits per heavy atom. The van der Waals surface area contributed by atoms with Crippen LogP contribution < -0.4 is 5.73 Å². The first kappa shape index (κ1) is 16.4. The van der Waals surface area contributed by atoms with E-state index in [1.807, 2.05) is 0 Å². The van der Waals surface area contributed by atoms with Gasteiger partial charge in [0, 0.05) is 13.1 Å². The van der Waals surface area contributed by atoms with Crippen molar-refractivity contribution in [2.45, 2.75) is 38.0 Å². The fourth-order valence-corrected chi connectivity index (χ4v) is 5.12. The summed E-state index contributed by atoms with van der Waals surface area (Å²) in [7, 11) is -3.57. The van der Waals surface area contributed by atoms with E-state index in [9.17, 15) is 12.8 Å². The van der Waals surface area contributed by atoms with Gasteiger partial charge in [0.15, 0.2) is 0 Å². The van der Waals surface area contributed by atoms with Crippen LogP contribution in [0.5, 0.6) is 0 Å². The lowest BCUT2D eigenvalue weighted by Crippen LogP contribution is -2.40. The molecule has 6 heteroatoms. The van der Waals surface area contributed by atoms with Gasteiger partial charge in [-0.15, -0.1) is 0 Å². The number of halogens is 1. The molecule has 0 radical (unpaired) electrons. The van der Waals surface area contributed by atoms with E-state index in [0.717, 1.165) is 19.3 Å². The van der Waals surface area contributed by atoms with Gasteiger partial charge in [-0.05, 0) is 68.8 Å². The molecule has 0 bridgehead atoms. The number of hydrogen-bond acceptors (Lipinski definition) is 3. The minimum absolute atomic E-state index is 0.247. The SMILES string of the molecule is Cc1cc(F)cc(C)c1S(=O)(=O)N1CCCC(CCN)C1. The fourth-order valence-electron chi connectivity index (χ4n) is 3.15. The molecule has 0 spiro atoms. The van der Waals surface area contributed by atoms with Crippen molar-refractivity contribution in [1.29, 1.82) is 0 Å². The molecule has 1 aliphatic rings. The van der Waals surface area contributed by atoms with Crippen molar-refractivity contribution in [3.8, 4) is 0 Å². The number of piperidine rings is 1. The van der Waals surface area contributed by atoms with Gasteiger partial charge in [0.1, 0.15) is 5.82 Å². The topological polar surface area (TPSA) is 63.4 Å². The van der Waals surface area contributed by atoms with Crippen molar-refractivity contribution >= 4 is 10.0 Å². The highest BCUT2D eigenvalue weighted by molar-refractivity contribution is 7.89. The molecule has 1 saturated heterocycles. The molecule has 118 valence electrons. The summed E-state index contributed by atoms with van der Waals surface area (Å²) in [5.41, 5.74) is 6.51. The largest absolute Gasteiger partial charge is 0.330 e. The highest BCUT2D eigenvalue weighted by Crippen LogP contribution is 2.29. The number of nitrogens with zero attached hydrogens (tertiary/aromatic N) is 1. The quantitative estimate of drug-likeness (QED) is 0.926. The molecule has 1 aliphatic heterocycles. The summed E-state index contributed by atoms with van der Waals surface area (Å²) >= 11 is 0. The summed E-state index contributed by atoms with van der Waals surface area (Å²) in [5.74, 6) is -0.0804. The minimum atomic E-state index is -3.57. The Kier molecular flexibility index (Phi) is 5.01. The van der Waals surface area contributed by atoms with Gasteiger partial charge < -0.3 is 5.73 Å². The molecule has 0 amide bonds. The normalized spacial score (nSPS) is 20.7. The molecule has 2 rings (SSSR count). The molecule has 1 unspecified atom stereocenters. The van der Waals surface area contributed by atoms with E-state index < -0.39 is 15.8 Å². The standard InChI is InChI=1S/C15H23FN2O2S/c1-11-8-14(16)9-12(2)15(11)21(19,20)18-7-3-4-13(10-18)5-6-17/h8-9,13H,3-7,10,17H2,1-2H3. The van der Waals surface area contributed by atoms with Gasteiger partial charge >= 0.3 is 0 Å². The average molecular weight is 314 g/mol. The van der Waals surface area contributed by atoms with Crippen LogP contribution in [0.1, 0.15) is 30.4 Å². The predicted molar refractivity (Wildman–Crippen MR) is 81.0 cm³/mol. The summed E-state index contributed by atoms with van der Waals surface area (Å²) in [5, 5.41) is 0. The van der Waals surface area contributed by atoms with Gasteiger partial charge in [-0.1, -0.05) is 0 Å². The molecular weight excluding hydrogens is 291 g/mol. The first-order valence-corrected chi connectivity index (χ1v) is 8.77. The second kappa shape index (κ2) is 6.42. The number of nitrogens with two attached hydrogens (primary N) is 1. The van der Waals surface area contributed by atoms with Gasteiger partial charge in [0.25, 0.3) is 0 Å². The van der Waals surface area contributed by atoms with Crippen molar-refractivity contribution in [2.24, 2.45) is 11.7 Å². The number of rotatable bonds is 4. The summed E-state index contributed by atoms with van der Waals surface area (Å²) in [6.45, 7) is 4.90. The lowest BCUT2D eigenvalue weighted by atomic mass is 9.96. The van der Waals surface area contributed by atoms with Crippen LogP contribution >= 0.6 is 0 Å². The molecule has 1 aromatic rings. The molecule has 0 aromatic heterocycles. The van der Waals surface area contributed by atoms with Crippen LogP contribution in [-0.2, 0) is 10.0 Å². The second-order valence-electron chi connectivity index (χ2n) is 5.82. The monoisotopic (exact) mass is 314 g/mol. The second-order valence-corrected chi connectivity index (χ2v) is 7.69. The van der Waals surface area contributed by atoms with Crippen molar-refractivity contribution < 1.29 is 12.8 Å². The summed E-state index contributed by atoms with van der Waals surface area (Å²) in [6.07, 6.45) is 2.71. The molecule has 0 aliphatic carbocycles. The van der Waals surface area contributed by atoms with E-state index in [0.29, 0.717) is 36.7 Å². The van der Waals surface area contributed by atoms with Crippen LogP contribution in [-0.4, -0.2) is 32.4 Å². The maximum Gasteiger partial charge on any atom is 0.243 e. The van der Waals surface area contributed by atoms with Gasteiger partial charge in [-0.2, -0.15) is 4.31 Å². The van der Waals surface area contributed by atoms with E-state index >= 15 is 0 Å². The molecule has 4 nitrogen and oxygen atoms in total. The summed E-state index contributed by atoms with van der Waals surface area (Å²) < 4.78 is 40.6. The van der Waals surface area contributed by atoms with E-state index in [4.69, 9.17) is 5.73 Å². The van der Waals surface area contributed by atoms with Gasteiger partial charge in [0.2, 0.25) is 10.0 Å². The lowest BCUT2D eigenvalue weighted by molar-refractivity contribution is 0.258. The Bertz CT molecular complexity index is 591. The zero-order valence-corrected chi connectivity index (χ0v) is 13.4. The number of hydrogen-bond donors (Lipinski definition) is 1. The van der Waals surface area contributed by atoms with Gasteiger partial charge in [-0.3, -0.25) is 0 Å². The van der Waals surface area contributed by atoms with E-state index in [-0.39, 0.29) is 4.90 Å². The van der Waals surface area contributed by atoms with Crippen LogP contribution in [0, 0.1) is 25.6 Å². The highest BCUT2D eigenvalue weighted by atomic mass is 32.2. The Labute approximate surface area is 126 Å². The molecule has 2 N–H and O–H groups in total. The third-order valence-electron chi connectivity index (χ3n) is 4.08. The molecule has 1 atom stereocenters. The Balaban J connectivity index is 2.34. The smallest absolute Gasteiger partial charge is 0.243 e. The van der Waals surface area contributed by atoms with Gasteiger partial charge in [-0.25, -0.2) is 12.8 Å². The summed E-state index contributed by atoms with van der Waals surface area (Å²) in [6, 6.07) is 2.56. The Hall–Kier alpha value is -0.980. The molecule has 1 aromatic carbocycles. The fraction of sp³-hybridized carbons (Fsp3) is 0.600. The van der Waals surface area contributed by atoms with Crippen LogP contribution in [0.25, 0.3) is 0 Å². The zero-order valence-electron chi connectivity index (χ0n) is 12.6. The molecule has 21 heavy (non-hydrogen) atoms. The van der Waals surface area contributed by atoms with E-state index in [1.54, 1.807) is 13.8 Å². The molecule has 1 fully saturated rings. The van der Waals surface area contributed by atoms with Crippen LogP contribution in [0.3, 0.4) is 0 Å². The summed E-state index contributed by atoms with van der Waals surface area (Å²) in [4.78, 5) is 0.247. The molecule has 0 saturated carbocycles. The average Bonchev–Trinajstić information content (AvgIpc) is 2.37.